The zero-order chi connectivity index (χ0) is 6.95. The summed E-state index contributed by atoms with van der Waals surface area (Å²) in [6.45, 7) is 0.326. The van der Waals surface area contributed by atoms with Gasteiger partial charge in [0.05, 0.1) is 0 Å². The lowest BCUT2D eigenvalue weighted by atomic mass is 10.2. The molecule has 0 aliphatic heterocycles. The van der Waals surface area contributed by atoms with E-state index in [4.69, 9.17) is 5.11 Å². The molecule has 0 rings (SSSR count). The molecule has 1 N–H and O–H groups in total. The lowest BCUT2D eigenvalue weighted by Crippen LogP contribution is -1.79. The van der Waals surface area contributed by atoms with Gasteiger partial charge in [0.15, 0.2) is 0 Å². The summed E-state index contributed by atoms with van der Waals surface area (Å²) < 4.78 is 0. The number of unbranched alkanes of at least 4 members (excludes halogenated alkanes) is 2. The highest BCUT2D eigenvalue weighted by atomic mass is 32.2. The molecule has 2 heteroatoms. The van der Waals surface area contributed by atoms with Gasteiger partial charge in [-0.2, -0.15) is 0 Å². The summed E-state index contributed by atoms with van der Waals surface area (Å²) >= 11 is 1.72. The minimum atomic E-state index is 0.326. The molecule has 0 radical (unpaired) electrons. The molecule has 0 bridgehead atoms. The number of rotatable bonds is 5. The van der Waals surface area contributed by atoms with Crippen LogP contribution in [0.4, 0.5) is 0 Å². The first-order valence-corrected chi connectivity index (χ1v) is 4.49. The summed E-state index contributed by atoms with van der Waals surface area (Å²) in [6.07, 6.45) is 7.32. The molecule has 9 heavy (non-hydrogen) atoms. The van der Waals surface area contributed by atoms with Crippen LogP contribution in [0.5, 0.6) is 0 Å². The normalized spacial score (nSPS) is 10.9. The molecule has 0 saturated heterocycles. The van der Waals surface area contributed by atoms with Crippen LogP contribution in [0.2, 0.25) is 0 Å². The van der Waals surface area contributed by atoms with Crippen LogP contribution in [-0.2, 0) is 0 Å². The zero-order valence-electron chi connectivity index (χ0n) is 5.84. The van der Waals surface area contributed by atoms with Crippen molar-refractivity contribution < 1.29 is 5.11 Å². The minimum Gasteiger partial charge on any atom is -0.396 e. The first-order valence-electron chi connectivity index (χ1n) is 3.20. The van der Waals surface area contributed by atoms with Gasteiger partial charge in [-0.25, -0.2) is 0 Å². The monoisotopic (exact) mass is 146 g/mol. The molecule has 0 aromatic rings. The maximum atomic E-state index is 8.39. The molecule has 0 amide bonds. The molecule has 1 nitrogen and oxygen atoms in total. The van der Waals surface area contributed by atoms with E-state index in [2.05, 4.69) is 11.5 Å². The van der Waals surface area contributed by atoms with Crippen LogP contribution in [0.1, 0.15) is 19.3 Å². The van der Waals surface area contributed by atoms with Gasteiger partial charge in [-0.1, -0.05) is 6.08 Å². The fraction of sp³-hybridized carbons (Fsp3) is 0.714. The van der Waals surface area contributed by atoms with Crippen LogP contribution in [0.25, 0.3) is 0 Å². The van der Waals surface area contributed by atoms with Gasteiger partial charge in [-0.05, 0) is 30.9 Å². The van der Waals surface area contributed by atoms with Crippen molar-refractivity contribution in [2.75, 3.05) is 12.9 Å². The average molecular weight is 146 g/mol. The Bertz CT molecular complexity index is 71.3. The molecule has 0 aliphatic rings. The smallest absolute Gasteiger partial charge is 0.0431 e. The van der Waals surface area contributed by atoms with Crippen LogP contribution in [0.3, 0.4) is 0 Å². The second-order valence-corrected chi connectivity index (χ2v) is 2.57. The highest BCUT2D eigenvalue weighted by Crippen LogP contribution is 1.99. The van der Waals surface area contributed by atoms with Crippen molar-refractivity contribution in [2.45, 2.75) is 19.3 Å². The average Bonchev–Trinajstić information content (AvgIpc) is 1.89. The Morgan fingerprint density at radius 3 is 2.78 bits per heavy atom. The Balaban J connectivity index is 2.82. The van der Waals surface area contributed by atoms with E-state index in [1.807, 2.05) is 6.26 Å². The molecule has 0 aliphatic carbocycles. The van der Waals surface area contributed by atoms with Crippen molar-refractivity contribution in [1.82, 2.24) is 0 Å². The number of aliphatic hydroxyl groups excluding tert-OH is 1. The third-order valence-corrected chi connectivity index (χ3v) is 1.48. The second kappa shape index (κ2) is 8.05. The fourth-order valence-corrected chi connectivity index (χ4v) is 0.867. The molecule has 0 saturated carbocycles. The van der Waals surface area contributed by atoms with E-state index < -0.39 is 0 Å². The predicted molar refractivity (Wildman–Crippen MR) is 43.6 cm³/mol. The van der Waals surface area contributed by atoms with Gasteiger partial charge in [0.2, 0.25) is 0 Å². The van der Waals surface area contributed by atoms with Crippen molar-refractivity contribution in [3.63, 3.8) is 0 Å². The summed E-state index contributed by atoms with van der Waals surface area (Å²) in [5.74, 6) is 0. The van der Waals surface area contributed by atoms with Crippen molar-refractivity contribution in [3.05, 3.63) is 11.5 Å². The Hall–Kier alpha value is 0.0500. The van der Waals surface area contributed by atoms with Gasteiger partial charge in [0.25, 0.3) is 0 Å². The van der Waals surface area contributed by atoms with Crippen molar-refractivity contribution in [3.8, 4) is 0 Å². The zero-order valence-corrected chi connectivity index (χ0v) is 6.66. The van der Waals surface area contributed by atoms with E-state index in [0.717, 1.165) is 19.3 Å². The van der Waals surface area contributed by atoms with Gasteiger partial charge in [-0.3, -0.25) is 0 Å². The SMILES string of the molecule is CS/C=C/CCCCO. The second-order valence-electron chi connectivity index (χ2n) is 1.83. The third kappa shape index (κ3) is 8.05. The molecule has 0 aromatic heterocycles. The molecule has 0 aromatic carbocycles. The minimum absolute atomic E-state index is 0.326. The maximum absolute atomic E-state index is 8.39. The molecule has 0 atom stereocenters. The molecular formula is C7H14OS. The van der Waals surface area contributed by atoms with E-state index in [1.54, 1.807) is 11.8 Å². The van der Waals surface area contributed by atoms with E-state index >= 15 is 0 Å². The summed E-state index contributed by atoms with van der Waals surface area (Å²) in [4.78, 5) is 0. The Morgan fingerprint density at radius 2 is 2.22 bits per heavy atom. The first-order chi connectivity index (χ1) is 4.41. The molecule has 54 valence electrons. The lowest BCUT2D eigenvalue weighted by Gasteiger charge is -1.89. The largest absolute Gasteiger partial charge is 0.396 e. The van der Waals surface area contributed by atoms with Gasteiger partial charge in [-0.15, -0.1) is 11.8 Å². The molecular weight excluding hydrogens is 132 g/mol. The van der Waals surface area contributed by atoms with Crippen molar-refractivity contribution in [1.29, 1.82) is 0 Å². The van der Waals surface area contributed by atoms with Crippen LogP contribution in [0.15, 0.2) is 11.5 Å². The topological polar surface area (TPSA) is 20.2 Å². The summed E-state index contributed by atoms with van der Waals surface area (Å²) in [5, 5.41) is 10.5. The standard InChI is InChI=1S/C7H14OS/c1-9-7-5-3-2-4-6-8/h5,7-8H,2-4,6H2,1H3/b7-5+. The van der Waals surface area contributed by atoms with Crippen molar-refractivity contribution in [2.24, 2.45) is 0 Å². The van der Waals surface area contributed by atoms with E-state index in [0.29, 0.717) is 6.61 Å². The van der Waals surface area contributed by atoms with Gasteiger partial charge >= 0.3 is 0 Å². The third-order valence-electron chi connectivity index (χ3n) is 1.01. The quantitative estimate of drug-likeness (QED) is 0.599. The number of hydrogen-bond acceptors (Lipinski definition) is 2. The number of thioether (sulfide) groups is 1. The number of aliphatic hydroxyl groups is 1. The van der Waals surface area contributed by atoms with Crippen LogP contribution in [0, 0.1) is 0 Å². The molecule has 0 spiro atoms. The van der Waals surface area contributed by atoms with Crippen LogP contribution in [-0.4, -0.2) is 18.0 Å². The van der Waals surface area contributed by atoms with Crippen molar-refractivity contribution >= 4 is 11.8 Å². The van der Waals surface area contributed by atoms with E-state index in [-0.39, 0.29) is 0 Å². The fourth-order valence-electron chi connectivity index (χ4n) is 0.538. The lowest BCUT2D eigenvalue weighted by molar-refractivity contribution is 0.285. The van der Waals surface area contributed by atoms with Crippen LogP contribution < -0.4 is 0 Å². The number of hydrogen-bond donors (Lipinski definition) is 1. The van der Waals surface area contributed by atoms with E-state index in [9.17, 15) is 0 Å². The highest BCUT2D eigenvalue weighted by Gasteiger charge is 1.80. The molecule has 0 unspecified atom stereocenters. The summed E-state index contributed by atoms with van der Waals surface area (Å²) in [6, 6.07) is 0. The van der Waals surface area contributed by atoms with Gasteiger partial charge in [0, 0.05) is 6.61 Å². The van der Waals surface area contributed by atoms with Gasteiger partial charge in [0.1, 0.15) is 0 Å². The Labute approximate surface area is 61.2 Å². The van der Waals surface area contributed by atoms with Gasteiger partial charge < -0.3 is 5.11 Å². The number of allylic oxidation sites excluding steroid dienone is 1. The Morgan fingerprint density at radius 1 is 1.44 bits per heavy atom. The molecule has 0 fully saturated rings. The van der Waals surface area contributed by atoms with E-state index in [1.165, 1.54) is 0 Å². The predicted octanol–water partition coefficient (Wildman–Crippen LogP) is 2.03. The van der Waals surface area contributed by atoms with Crippen LogP contribution >= 0.6 is 11.8 Å². The summed E-state index contributed by atoms with van der Waals surface area (Å²) in [7, 11) is 0. The maximum Gasteiger partial charge on any atom is 0.0431 e. The Kier molecular flexibility index (Phi) is 8.09. The summed E-state index contributed by atoms with van der Waals surface area (Å²) in [5.41, 5.74) is 0. The molecule has 0 heterocycles. The first kappa shape index (κ1) is 9.05. The highest BCUT2D eigenvalue weighted by molar-refractivity contribution is 8.01.